The van der Waals surface area contributed by atoms with E-state index in [1.165, 1.54) is 55.8 Å². The lowest BCUT2D eigenvalue weighted by Crippen LogP contribution is -2.28. The van der Waals surface area contributed by atoms with Crippen molar-refractivity contribution in [2.45, 2.75) is 37.8 Å². The lowest BCUT2D eigenvalue weighted by atomic mass is 9.91. The van der Waals surface area contributed by atoms with E-state index in [-0.39, 0.29) is 12.1 Å². The van der Waals surface area contributed by atoms with Crippen LogP contribution in [-0.2, 0) is 0 Å². The van der Waals surface area contributed by atoms with Crippen molar-refractivity contribution < 1.29 is 0 Å². The van der Waals surface area contributed by atoms with Crippen LogP contribution >= 0.6 is 15.8 Å². The van der Waals surface area contributed by atoms with Crippen LogP contribution < -0.4 is 31.8 Å². The van der Waals surface area contributed by atoms with Gasteiger partial charge in [-0.3, -0.25) is 9.98 Å². The third kappa shape index (κ3) is 7.63. The third-order valence-electron chi connectivity index (χ3n) is 8.92. The molecule has 0 aromatic heterocycles. The van der Waals surface area contributed by atoms with Crippen LogP contribution in [0.3, 0.4) is 0 Å². The molecule has 0 spiro atoms. The highest BCUT2D eigenvalue weighted by atomic mass is 31.1. The molecule has 6 aromatic carbocycles. The molecule has 6 aromatic rings. The van der Waals surface area contributed by atoms with Gasteiger partial charge in [-0.05, 0) is 60.5 Å². The molecule has 2 unspecified atom stereocenters. The van der Waals surface area contributed by atoms with Crippen molar-refractivity contribution in [3.05, 3.63) is 181 Å². The van der Waals surface area contributed by atoms with Gasteiger partial charge in [0.15, 0.2) is 0 Å². The van der Waals surface area contributed by atoms with Crippen molar-refractivity contribution in [2.24, 2.45) is 9.98 Å². The van der Waals surface area contributed by atoms with E-state index >= 15 is 0 Å². The summed E-state index contributed by atoms with van der Waals surface area (Å²) in [6, 6.07) is 61.7. The summed E-state index contributed by atoms with van der Waals surface area (Å²) in [6.45, 7) is 0. The number of nitrogens with zero attached hydrogens (tertiary/aromatic N) is 2. The average Bonchev–Trinajstić information content (AvgIpc) is 3.16. The summed E-state index contributed by atoms with van der Waals surface area (Å²) in [6.07, 6.45) is 8.81. The zero-order valence-corrected chi connectivity index (χ0v) is 28.9. The topological polar surface area (TPSA) is 24.7 Å². The Morgan fingerprint density at radius 3 is 1.00 bits per heavy atom. The van der Waals surface area contributed by atoms with Gasteiger partial charge >= 0.3 is 0 Å². The first-order valence-electron chi connectivity index (χ1n) is 16.9. The summed E-state index contributed by atoms with van der Waals surface area (Å²) < 4.78 is 0. The normalized spacial score (nSPS) is 16.6. The summed E-state index contributed by atoms with van der Waals surface area (Å²) in [5.41, 5.74) is 2.40. The quantitative estimate of drug-likeness (QED) is 0.105. The molecule has 0 bridgehead atoms. The van der Waals surface area contributed by atoms with Gasteiger partial charge in [0.1, 0.15) is 0 Å². The standard InChI is InChI=1S/C44H40N2P2/c1-5-21-37(22-6-1)47(38-23-7-2-8-24-38)43-31-17-13-19-35(43)33-45-41-29-15-16-30-42(41)46-34-36-20-14-18-32-44(36)48(39-25-9-3-10-26-39)40-27-11-4-12-28-40/h1-14,17-28,31-34,41-42H,15-16,29-30H2. The van der Waals surface area contributed by atoms with E-state index in [1.54, 1.807) is 0 Å². The smallest absolute Gasteiger partial charge is 0.0723 e. The Labute approximate surface area is 287 Å². The molecular weight excluding hydrogens is 618 g/mol. The molecule has 0 N–H and O–H groups in total. The molecule has 0 amide bonds. The Hall–Kier alpha value is -4.48. The van der Waals surface area contributed by atoms with E-state index < -0.39 is 15.8 Å². The second kappa shape index (κ2) is 16.1. The first-order valence-corrected chi connectivity index (χ1v) is 19.6. The van der Waals surface area contributed by atoms with E-state index in [1.807, 2.05) is 0 Å². The van der Waals surface area contributed by atoms with Crippen LogP contribution in [0.2, 0.25) is 0 Å². The fraction of sp³-hybridized carbons (Fsp3) is 0.136. The van der Waals surface area contributed by atoms with Crippen molar-refractivity contribution in [2.75, 3.05) is 0 Å². The van der Waals surface area contributed by atoms with Crippen molar-refractivity contribution in [1.82, 2.24) is 0 Å². The van der Waals surface area contributed by atoms with Crippen molar-refractivity contribution in [3.63, 3.8) is 0 Å². The van der Waals surface area contributed by atoms with Crippen LogP contribution in [0.5, 0.6) is 0 Å². The molecule has 0 heterocycles. The summed E-state index contributed by atoms with van der Waals surface area (Å²) in [7, 11) is -1.42. The fourth-order valence-corrected chi connectivity index (χ4v) is 11.4. The highest BCUT2D eigenvalue weighted by Crippen LogP contribution is 2.35. The molecule has 2 atom stereocenters. The molecule has 236 valence electrons. The maximum Gasteiger partial charge on any atom is 0.0723 e. The zero-order chi connectivity index (χ0) is 32.4. The van der Waals surface area contributed by atoms with Gasteiger partial charge in [0.2, 0.25) is 0 Å². The fourth-order valence-electron chi connectivity index (χ4n) is 6.55. The van der Waals surface area contributed by atoms with Gasteiger partial charge in [-0.2, -0.15) is 0 Å². The van der Waals surface area contributed by atoms with Crippen LogP contribution in [0, 0.1) is 0 Å². The lowest BCUT2D eigenvalue weighted by molar-refractivity contribution is 0.390. The van der Waals surface area contributed by atoms with E-state index in [2.05, 4.69) is 182 Å². The first kappa shape index (κ1) is 32.1. The summed E-state index contributed by atoms with van der Waals surface area (Å²) in [5.74, 6) is 0. The molecule has 0 aliphatic heterocycles. The molecule has 48 heavy (non-hydrogen) atoms. The minimum Gasteiger partial charge on any atom is -0.287 e. The number of rotatable bonds is 10. The monoisotopic (exact) mass is 658 g/mol. The highest BCUT2D eigenvalue weighted by Gasteiger charge is 2.25. The molecule has 1 fully saturated rings. The SMILES string of the molecule is C(=NC1CCCCC1N=Cc1ccccc1P(c1ccccc1)c1ccccc1)c1ccccc1P(c1ccccc1)c1ccccc1. The molecular formula is C44H40N2P2. The third-order valence-corrected chi connectivity index (χ3v) is 14.0. The van der Waals surface area contributed by atoms with Gasteiger partial charge in [-0.25, -0.2) is 0 Å². The van der Waals surface area contributed by atoms with Gasteiger partial charge < -0.3 is 0 Å². The first-order chi connectivity index (χ1) is 23.8. The molecule has 1 saturated carbocycles. The second-order valence-corrected chi connectivity index (χ2v) is 16.5. The Morgan fingerprint density at radius 1 is 0.375 bits per heavy atom. The van der Waals surface area contributed by atoms with Gasteiger partial charge in [0.25, 0.3) is 0 Å². The molecule has 1 aliphatic carbocycles. The number of hydrogen-bond donors (Lipinski definition) is 0. The zero-order valence-electron chi connectivity index (χ0n) is 27.1. The van der Waals surface area contributed by atoms with Crippen LogP contribution in [-0.4, -0.2) is 24.5 Å². The lowest BCUT2D eigenvalue weighted by Gasteiger charge is -2.26. The number of aliphatic imine (C=N–C) groups is 2. The Morgan fingerprint density at radius 2 is 0.667 bits per heavy atom. The minimum absolute atomic E-state index is 0.166. The molecule has 1 aliphatic rings. The van der Waals surface area contributed by atoms with E-state index in [4.69, 9.17) is 9.98 Å². The van der Waals surface area contributed by atoms with E-state index in [0.717, 1.165) is 12.8 Å². The van der Waals surface area contributed by atoms with E-state index in [9.17, 15) is 0 Å². The van der Waals surface area contributed by atoms with Crippen LogP contribution in [0.1, 0.15) is 36.8 Å². The largest absolute Gasteiger partial charge is 0.287 e. The van der Waals surface area contributed by atoms with Crippen molar-refractivity contribution in [1.29, 1.82) is 0 Å². The second-order valence-electron chi connectivity index (χ2n) is 12.1. The van der Waals surface area contributed by atoms with Crippen LogP contribution in [0.25, 0.3) is 0 Å². The van der Waals surface area contributed by atoms with Crippen LogP contribution in [0.15, 0.2) is 180 Å². The Balaban J connectivity index is 1.19. The van der Waals surface area contributed by atoms with Gasteiger partial charge in [0.05, 0.1) is 12.1 Å². The van der Waals surface area contributed by atoms with Gasteiger partial charge in [0, 0.05) is 23.6 Å². The predicted molar refractivity (Wildman–Crippen MR) is 212 cm³/mol. The number of benzene rings is 6. The van der Waals surface area contributed by atoms with Gasteiger partial charge in [-0.15, -0.1) is 0 Å². The Kier molecular flexibility index (Phi) is 10.7. The summed E-state index contributed by atoms with van der Waals surface area (Å²) in [4.78, 5) is 10.6. The molecule has 0 radical (unpaired) electrons. The molecule has 0 saturated heterocycles. The van der Waals surface area contributed by atoms with Gasteiger partial charge in [-0.1, -0.05) is 183 Å². The van der Waals surface area contributed by atoms with Crippen LogP contribution in [0.4, 0.5) is 0 Å². The Bertz CT molecular complexity index is 1720. The maximum atomic E-state index is 5.31. The molecule has 7 rings (SSSR count). The van der Waals surface area contributed by atoms with Crippen molar-refractivity contribution >= 4 is 60.1 Å². The summed E-state index contributed by atoms with van der Waals surface area (Å²) in [5, 5.41) is 8.09. The highest BCUT2D eigenvalue weighted by molar-refractivity contribution is 7.80. The summed E-state index contributed by atoms with van der Waals surface area (Å²) >= 11 is 0. The molecule has 2 nitrogen and oxygen atoms in total. The maximum absolute atomic E-state index is 5.31. The molecule has 4 heteroatoms. The minimum atomic E-state index is -0.712. The predicted octanol–water partition coefficient (Wildman–Crippen LogP) is 8.05. The van der Waals surface area contributed by atoms with Crippen molar-refractivity contribution in [3.8, 4) is 0 Å². The number of hydrogen-bond acceptors (Lipinski definition) is 2. The average molecular weight is 659 g/mol. The van der Waals surface area contributed by atoms with E-state index in [0.29, 0.717) is 0 Å².